The van der Waals surface area contributed by atoms with Crippen LogP contribution in [0.4, 0.5) is 0 Å². The van der Waals surface area contributed by atoms with Gasteiger partial charge in [0.1, 0.15) is 5.54 Å². The van der Waals surface area contributed by atoms with Gasteiger partial charge in [-0.3, -0.25) is 9.69 Å². The van der Waals surface area contributed by atoms with Gasteiger partial charge < -0.3 is 10.0 Å². The van der Waals surface area contributed by atoms with Crippen LogP contribution in [0.15, 0.2) is 28.7 Å². The molecule has 1 aromatic carbocycles. The lowest BCUT2D eigenvalue weighted by molar-refractivity contribution is -0.139. The van der Waals surface area contributed by atoms with Crippen molar-refractivity contribution in [1.82, 2.24) is 9.80 Å². The smallest absolute Gasteiger partial charge is 0.243 e. The molecule has 1 amide bonds. The van der Waals surface area contributed by atoms with Crippen LogP contribution in [0.2, 0.25) is 0 Å². The molecule has 3 aliphatic rings. The first-order valence-electron chi connectivity index (χ1n) is 10.1. The zero-order valence-corrected chi connectivity index (χ0v) is 17.0. The Morgan fingerprint density at radius 3 is 2.62 bits per heavy atom. The minimum Gasteiger partial charge on any atom is -0.392 e. The van der Waals surface area contributed by atoms with Crippen LogP contribution in [-0.4, -0.2) is 58.1 Å². The van der Waals surface area contributed by atoms with E-state index in [4.69, 9.17) is 0 Å². The Morgan fingerprint density at radius 1 is 1.15 bits per heavy atom. The number of aliphatic hydroxyl groups excluding tert-OH is 1. The van der Waals surface area contributed by atoms with Gasteiger partial charge in [0.2, 0.25) is 5.91 Å². The Hall–Kier alpha value is -0.910. The third kappa shape index (κ3) is 3.46. The molecule has 1 saturated carbocycles. The number of rotatable bonds is 4. The molecule has 1 aromatic rings. The number of hydrogen-bond acceptors (Lipinski definition) is 3. The van der Waals surface area contributed by atoms with Gasteiger partial charge >= 0.3 is 0 Å². The predicted octanol–water partition coefficient (Wildman–Crippen LogP) is 3.36. The van der Waals surface area contributed by atoms with Crippen LogP contribution in [0.5, 0.6) is 0 Å². The maximum Gasteiger partial charge on any atom is 0.243 e. The fourth-order valence-corrected chi connectivity index (χ4v) is 5.50. The second-order valence-electron chi connectivity index (χ2n) is 8.25. The minimum absolute atomic E-state index is 0.289. The number of β-amino-alcohol motifs (C(OH)–C–C–N with tert-alkyl or cyclic N) is 1. The number of nitrogens with zero attached hydrogens (tertiary/aromatic N) is 2. The van der Waals surface area contributed by atoms with Crippen LogP contribution >= 0.6 is 15.9 Å². The fourth-order valence-electron chi connectivity index (χ4n) is 5.24. The van der Waals surface area contributed by atoms with E-state index in [0.717, 1.165) is 43.2 Å². The third-order valence-corrected chi connectivity index (χ3v) is 7.16. The molecule has 0 radical (unpaired) electrons. The molecule has 1 spiro atoms. The van der Waals surface area contributed by atoms with Gasteiger partial charge in [0.05, 0.1) is 6.10 Å². The van der Waals surface area contributed by atoms with E-state index in [2.05, 4.69) is 50.0 Å². The van der Waals surface area contributed by atoms with Gasteiger partial charge in [0.15, 0.2) is 0 Å². The molecule has 2 atom stereocenters. The highest BCUT2D eigenvalue weighted by molar-refractivity contribution is 9.10. The molecule has 0 aromatic heterocycles. The Balaban J connectivity index is 1.46. The molecule has 2 aliphatic heterocycles. The van der Waals surface area contributed by atoms with Crippen LogP contribution in [0.25, 0.3) is 0 Å². The number of halogens is 1. The summed E-state index contributed by atoms with van der Waals surface area (Å²) in [6.45, 7) is 2.33. The molecule has 26 heavy (non-hydrogen) atoms. The van der Waals surface area contributed by atoms with Gasteiger partial charge in [-0.05, 0) is 43.4 Å². The van der Waals surface area contributed by atoms with E-state index in [1.807, 2.05) is 0 Å². The van der Waals surface area contributed by atoms with E-state index in [1.54, 1.807) is 0 Å². The van der Waals surface area contributed by atoms with Gasteiger partial charge in [-0.2, -0.15) is 0 Å². The van der Waals surface area contributed by atoms with Crippen molar-refractivity contribution in [2.75, 3.05) is 19.6 Å². The molecule has 1 aliphatic carbocycles. The summed E-state index contributed by atoms with van der Waals surface area (Å²) in [5.41, 5.74) is 0.825. The monoisotopic (exact) mass is 420 g/mol. The van der Waals surface area contributed by atoms with Gasteiger partial charge in [-0.1, -0.05) is 47.3 Å². The summed E-state index contributed by atoms with van der Waals surface area (Å²) in [6, 6.07) is 8.83. The lowest BCUT2D eigenvalue weighted by Gasteiger charge is -2.36. The summed E-state index contributed by atoms with van der Waals surface area (Å²) in [5.74, 6) is 0.289. The molecule has 3 fully saturated rings. The number of likely N-dealkylation sites (tertiary alicyclic amines) is 2. The highest BCUT2D eigenvalue weighted by Gasteiger charge is 2.56. The Morgan fingerprint density at radius 2 is 1.88 bits per heavy atom. The van der Waals surface area contributed by atoms with E-state index < -0.39 is 5.54 Å². The first-order chi connectivity index (χ1) is 12.6. The van der Waals surface area contributed by atoms with Crippen molar-refractivity contribution in [2.24, 2.45) is 0 Å². The average molecular weight is 421 g/mol. The van der Waals surface area contributed by atoms with Crippen molar-refractivity contribution in [3.63, 3.8) is 0 Å². The van der Waals surface area contributed by atoms with Gasteiger partial charge in [-0.15, -0.1) is 0 Å². The predicted molar refractivity (Wildman–Crippen MR) is 106 cm³/mol. The molecule has 2 heterocycles. The normalized spacial score (nSPS) is 30.6. The van der Waals surface area contributed by atoms with Crippen LogP contribution in [0.3, 0.4) is 0 Å². The second kappa shape index (κ2) is 7.61. The third-order valence-electron chi connectivity index (χ3n) is 6.63. The maximum atomic E-state index is 13.4. The molecule has 1 N–H and O–H groups in total. The Bertz CT molecular complexity index is 644. The van der Waals surface area contributed by atoms with Gasteiger partial charge in [-0.25, -0.2) is 0 Å². The average Bonchev–Trinajstić information content (AvgIpc) is 3.15. The number of benzene rings is 1. The Labute approximate surface area is 164 Å². The quantitative estimate of drug-likeness (QED) is 0.811. The molecule has 1 unspecified atom stereocenters. The first kappa shape index (κ1) is 18.5. The number of carbonyl (C=O) groups excluding carboxylic acids is 1. The molecule has 5 heteroatoms. The van der Waals surface area contributed by atoms with Crippen molar-refractivity contribution >= 4 is 21.8 Å². The number of carbonyl (C=O) groups is 1. The maximum absolute atomic E-state index is 13.4. The molecule has 0 bridgehead atoms. The van der Waals surface area contributed by atoms with Crippen LogP contribution < -0.4 is 0 Å². The number of aliphatic hydroxyl groups is 1. The van der Waals surface area contributed by atoms with E-state index in [0.29, 0.717) is 19.0 Å². The summed E-state index contributed by atoms with van der Waals surface area (Å²) in [5, 5.41) is 10.4. The number of amides is 1. The Kier molecular flexibility index (Phi) is 5.40. The van der Waals surface area contributed by atoms with Gasteiger partial charge in [0, 0.05) is 36.6 Å². The highest BCUT2D eigenvalue weighted by atomic mass is 79.9. The summed E-state index contributed by atoms with van der Waals surface area (Å²) in [7, 11) is 0. The zero-order chi connectivity index (χ0) is 18.1. The summed E-state index contributed by atoms with van der Waals surface area (Å²) in [6.07, 6.45) is 8.13. The fraction of sp³-hybridized carbons (Fsp3) is 0.667. The number of hydrogen-bond donors (Lipinski definition) is 1. The first-order valence-corrected chi connectivity index (χ1v) is 10.9. The van der Waals surface area contributed by atoms with Crippen molar-refractivity contribution in [1.29, 1.82) is 0 Å². The van der Waals surface area contributed by atoms with Crippen LogP contribution in [0, 0.1) is 0 Å². The molecule has 142 valence electrons. The van der Waals surface area contributed by atoms with Crippen LogP contribution in [-0.2, 0) is 11.2 Å². The van der Waals surface area contributed by atoms with E-state index in [9.17, 15) is 9.90 Å². The largest absolute Gasteiger partial charge is 0.392 e. The standard InChI is InChI=1S/C21H29BrN2O2/c22-17-8-6-16(7-9-17)10-12-23-15-19(25)14-21(23)11-13-24(20(21)26)18-4-2-1-3-5-18/h6-9,18-19,25H,1-5,10-15H2/t19-,21?/m1/s1. The molecule has 4 nitrogen and oxygen atoms in total. The van der Waals surface area contributed by atoms with E-state index in [1.165, 1.54) is 24.8 Å². The topological polar surface area (TPSA) is 43.8 Å². The SMILES string of the molecule is O=C1N(C2CCCCC2)CCC12C[C@@H](O)CN2CCc1ccc(Br)cc1. The van der Waals surface area contributed by atoms with Crippen molar-refractivity contribution < 1.29 is 9.90 Å². The van der Waals surface area contributed by atoms with Gasteiger partial charge in [0.25, 0.3) is 0 Å². The molecular weight excluding hydrogens is 392 g/mol. The van der Waals surface area contributed by atoms with E-state index >= 15 is 0 Å². The molecule has 4 rings (SSSR count). The lowest BCUT2D eigenvalue weighted by atomic mass is 9.92. The summed E-state index contributed by atoms with van der Waals surface area (Å²) in [4.78, 5) is 17.8. The lowest BCUT2D eigenvalue weighted by Crippen LogP contribution is -2.52. The zero-order valence-electron chi connectivity index (χ0n) is 15.4. The minimum atomic E-state index is -0.452. The van der Waals surface area contributed by atoms with Crippen molar-refractivity contribution in [3.05, 3.63) is 34.3 Å². The summed E-state index contributed by atoms with van der Waals surface area (Å²) >= 11 is 3.48. The second-order valence-corrected chi connectivity index (χ2v) is 9.17. The highest BCUT2D eigenvalue weighted by Crippen LogP contribution is 2.41. The van der Waals surface area contributed by atoms with Crippen molar-refractivity contribution in [2.45, 2.75) is 69.1 Å². The van der Waals surface area contributed by atoms with Crippen molar-refractivity contribution in [3.8, 4) is 0 Å². The summed E-state index contributed by atoms with van der Waals surface area (Å²) < 4.78 is 1.09. The van der Waals surface area contributed by atoms with E-state index in [-0.39, 0.29) is 12.0 Å². The van der Waals surface area contributed by atoms with Crippen LogP contribution in [0.1, 0.15) is 50.5 Å². The molecule has 2 saturated heterocycles. The molecular formula is C21H29BrN2O2.